The van der Waals surface area contributed by atoms with Crippen molar-refractivity contribution in [3.05, 3.63) is 29.8 Å². The summed E-state index contributed by atoms with van der Waals surface area (Å²) in [5.74, 6) is -3.30. The molecule has 0 heterocycles. The van der Waals surface area contributed by atoms with Crippen molar-refractivity contribution in [1.82, 2.24) is 0 Å². The van der Waals surface area contributed by atoms with E-state index in [0.29, 0.717) is 12.2 Å². The summed E-state index contributed by atoms with van der Waals surface area (Å²) in [6.45, 7) is 0. The molecule has 0 atom stereocenters. The van der Waals surface area contributed by atoms with Gasteiger partial charge in [0.05, 0.1) is 7.11 Å². The Morgan fingerprint density at radius 2 is 1.94 bits per heavy atom. The molecule has 5 heteroatoms. The number of aliphatic carboxylic acids is 2. The molecule has 0 saturated carbocycles. The molecule has 0 aliphatic carbocycles. The molecule has 0 bridgehead atoms. The van der Waals surface area contributed by atoms with E-state index in [2.05, 4.69) is 0 Å². The Morgan fingerprint density at radius 1 is 1.29 bits per heavy atom. The van der Waals surface area contributed by atoms with Gasteiger partial charge in [0.15, 0.2) is 5.92 Å². The number of ether oxygens (including phenoxy) is 1. The first-order chi connectivity index (χ1) is 8.04. The first kappa shape index (κ1) is 13.0. The fourth-order valence-corrected chi connectivity index (χ4v) is 1.49. The van der Waals surface area contributed by atoms with E-state index in [1.807, 2.05) is 6.07 Å². The van der Waals surface area contributed by atoms with Gasteiger partial charge in [0.2, 0.25) is 0 Å². The van der Waals surface area contributed by atoms with Crippen LogP contribution in [0.3, 0.4) is 0 Å². The fourth-order valence-electron chi connectivity index (χ4n) is 1.49. The van der Waals surface area contributed by atoms with Gasteiger partial charge in [-0.15, -0.1) is 0 Å². The third kappa shape index (κ3) is 3.79. The molecule has 0 saturated heterocycles. The van der Waals surface area contributed by atoms with Crippen LogP contribution in [0.15, 0.2) is 24.3 Å². The minimum atomic E-state index is -1.36. The second kappa shape index (κ2) is 5.89. The lowest BCUT2D eigenvalue weighted by Gasteiger charge is -2.08. The Kier molecular flexibility index (Phi) is 4.51. The Morgan fingerprint density at radius 3 is 2.47 bits per heavy atom. The van der Waals surface area contributed by atoms with Gasteiger partial charge in [-0.2, -0.15) is 0 Å². The van der Waals surface area contributed by atoms with Gasteiger partial charge in [-0.05, 0) is 30.5 Å². The summed E-state index contributed by atoms with van der Waals surface area (Å²) < 4.78 is 5.02. The van der Waals surface area contributed by atoms with E-state index >= 15 is 0 Å². The summed E-state index contributed by atoms with van der Waals surface area (Å²) >= 11 is 0. The maximum atomic E-state index is 10.7. The Balaban J connectivity index is 2.65. The van der Waals surface area contributed by atoms with E-state index in [0.717, 1.165) is 5.56 Å². The summed E-state index contributed by atoms with van der Waals surface area (Å²) in [6, 6.07) is 7.13. The SMILES string of the molecule is COc1cccc(CCC(C(=O)O)C(=O)O)c1. The number of aryl methyl sites for hydroxylation is 1. The van der Waals surface area contributed by atoms with E-state index in [-0.39, 0.29) is 6.42 Å². The first-order valence-electron chi connectivity index (χ1n) is 5.13. The molecule has 0 aliphatic rings. The molecule has 0 fully saturated rings. The van der Waals surface area contributed by atoms with Gasteiger partial charge in [-0.25, -0.2) is 0 Å². The lowest BCUT2D eigenvalue weighted by molar-refractivity contribution is -0.154. The number of hydrogen-bond donors (Lipinski definition) is 2. The standard InChI is InChI=1S/C12H14O5/c1-17-9-4-2-3-8(7-9)5-6-10(11(13)14)12(15)16/h2-4,7,10H,5-6H2,1H3,(H,13,14)(H,15,16). The van der Waals surface area contributed by atoms with Crippen LogP contribution in [0.25, 0.3) is 0 Å². The van der Waals surface area contributed by atoms with E-state index in [4.69, 9.17) is 14.9 Å². The van der Waals surface area contributed by atoms with Gasteiger partial charge in [-0.3, -0.25) is 9.59 Å². The Bertz CT molecular complexity index is 399. The van der Waals surface area contributed by atoms with Crippen LogP contribution >= 0.6 is 0 Å². The second-order valence-electron chi connectivity index (χ2n) is 3.62. The number of hydrogen-bond acceptors (Lipinski definition) is 3. The molecule has 17 heavy (non-hydrogen) atoms. The molecule has 2 N–H and O–H groups in total. The molecule has 5 nitrogen and oxygen atoms in total. The van der Waals surface area contributed by atoms with Crippen LogP contribution in [0.1, 0.15) is 12.0 Å². The number of benzene rings is 1. The molecule has 92 valence electrons. The lowest BCUT2D eigenvalue weighted by atomic mass is 9.99. The van der Waals surface area contributed by atoms with Crippen molar-refractivity contribution in [3.63, 3.8) is 0 Å². The average molecular weight is 238 g/mol. The summed E-state index contributed by atoms with van der Waals surface area (Å²) in [4.78, 5) is 21.4. The molecular weight excluding hydrogens is 224 g/mol. The number of rotatable bonds is 6. The summed E-state index contributed by atoms with van der Waals surface area (Å²) in [5.41, 5.74) is 0.858. The van der Waals surface area contributed by atoms with Crippen LogP contribution in [-0.2, 0) is 16.0 Å². The van der Waals surface area contributed by atoms with Crippen LogP contribution in [0.4, 0.5) is 0 Å². The van der Waals surface area contributed by atoms with Crippen molar-refractivity contribution in [1.29, 1.82) is 0 Å². The van der Waals surface area contributed by atoms with E-state index in [9.17, 15) is 9.59 Å². The van der Waals surface area contributed by atoms with Gasteiger partial charge < -0.3 is 14.9 Å². The highest BCUT2D eigenvalue weighted by Crippen LogP contribution is 2.16. The molecule has 0 aromatic heterocycles. The zero-order valence-corrected chi connectivity index (χ0v) is 9.42. The molecule has 0 radical (unpaired) electrons. The van der Waals surface area contributed by atoms with Crippen molar-refractivity contribution in [2.45, 2.75) is 12.8 Å². The van der Waals surface area contributed by atoms with Crippen molar-refractivity contribution in [2.75, 3.05) is 7.11 Å². The van der Waals surface area contributed by atoms with Crippen LogP contribution < -0.4 is 4.74 Å². The number of carbonyl (C=O) groups is 2. The summed E-state index contributed by atoms with van der Waals surface area (Å²) in [5, 5.41) is 17.4. The lowest BCUT2D eigenvalue weighted by Crippen LogP contribution is -2.23. The molecule has 0 amide bonds. The number of carboxylic acids is 2. The normalized spacial score (nSPS) is 10.2. The maximum absolute atomic E-state index is 10.7. The van der Waals surface area contributed by atoms with Gasteiger partial charge in [0, 0.05) is 0 Å². The molecular formula is C12H14O5. The highest BCUT2D eigenvalue weighted by molar-refractivity contribution is 5.92. The average Bonchev–Trinajstić information content (AvgIpc) is 2.28. The van der Waals surface area contributed by atoms with E-state index in [1.54, 1.807) is 18.2 Å². The van der Waals surface area contributed by atoms with Gasteiger partial charge in [0.25, 0.3) is 0 Å². The maximum Gasteiger partial charge on any atom is 0.317 e. The minimum absolute atomic E-state index is 0.0673. The van der Waals surface area contributed by atoms with E-state index in [1.165, 1.54) is 7.11 Å². The molecule has 0 spiro atoms. The number of carboxylic acid groups (broad SMARTS) is 2. The van der Waals surface area contributed by atoms with Crippen LogP contribution in [-0.4, -0.2) is 29.3 Å². The number of methoxy groups -OCH3 is 1. The predicted octanol–water partition coefficient (Wildman–Crippen LogP) is 1.41. The molecule has 0 aliphatic heterocycles. The summed E-state index contributed by atoms with van der Waals surface area (Å²) in [6.07, 6.45) is 0.457. The van der Waals surface area contributed by atoms with Crippen LogP contribution in [0.2, 0.25) is 0 Å². The Labute approximate surface area is 98.6 Å². The highest BCUT2D eigenvalue weighted by Gasteiger charge is 2.25. The van der Waals surface area contributed by atoms with Crippen molar-refractivity contribution >= 4 is 11.9 Å². The third-order valence-corrected chi connectivity index (χ3v) is 2.45. The van der Waals surface area contributed by atoms with Crippen LogP contribution in [0.5, 0.6) is 5.75 Å². The molecule has 0 unspecified atom stereocenters. The quantitative estimate of drug-likeness (QED) is 0.732. The molecule has 1 aromatic rings. The van der Waals surface area contributed by atoms with Gasteiger partial charge >= 0.3 is 11.9 Å². The Hall–Kier alpha value is -2.04. The third-order valence-electron chi connectivity index (χ3n) is 2.45. The van der Waals surface area contributed by atoms with Gasteiger partial charge in [-0.1, -0.05) is 12.1 Å². The fraction of sp³-hybridized carbons (Fsp3) is 0.333. The predicted molar refractivity (Wildman–Crippen MR) is 60.1 cm³/mol. The summed E-state index contributed by atoms with van der Waals surface area (Å²) in [7, 11) is 1.54. The topological polar surface area (TPSA) is 83.8 Å². The minimum Gasteiger partial charge on any atom is -0.497 e. The zero-order chi connectivity index (χ0) is 12.8. The largest absolute Gasteiger partial charge is 0.497 e. The van der Waals surface area contributed by atoms with Crippen molar-refractivity contribution in [3.8, 4) is 5.75 Å². The van der Waals surface area contributed by atoms with Crippen molar-refractivity contribution < 1.29 is 24.5 Å². The van der Waals surface area contributed by atoms with E-state index < -0.39 is 17.9 Å². The second-order valence-corrected chi connectivity index (χ2v) is 3.62. The van der Waals surface area contributed by atoms with Gasteiger partial charge in [0.1, 0.15) is 5.75 Å². The zero-order valence-electron chi connectivity index (χ0n) is 9.42. The monoisotopic (exact) mass is 238 g/mol. The smallest absolute Gasteiger partial charge is 0.317 e. The highest BCUT2D eigenvalue weighted by atomic mass is 16.5. The van der Waals surface area contributed by atoms with Crippen molar-refractivity contribution in [2.24, 2.45) is 5.92 Å². The molecule has 1 aromatic carbocycles. The van der Waals surface area contributed by atoms with Crippen LogP contribution in [0, 0.1) is 5.92 Å². The molecule has 1 rings (SSSR count). The first-order valence-corrected chi connectivity index (χ1v) is 5.13.